The summed E-state index contributed by atoms with van der Waals surface area (Å²) in [6.07, 6.45) is 2.74. The zero-order chi connectivity index (χ0) is 16.1. The van der Waals surface area contributed by atoms with E-state index in [9.17, 15) is 8.42 Å². The second-order valence-electron chi connectivity index (χ2n) is 5.79. The van der Waals surface area contributed by atoms with E-state index in [1.54, 1.807) is 24.3 Å². The van der Waals surface area contributed by atoms with Gasteiger partial charge < -0.3 is 10.3 Å². The molecule has 1 aliphatic carbocycles. The first kappa shape index (κ1) is 14.3. The van der Waals surface area contributed by atoms with E-state index < -0.39 is 15.6 Å². The van der Waals surface area contributed by atoms with Crippen molar-refractivity contribution >= 4 is 15.9 Å². The molecule has 2 heterocycles. The van der Waals surface area contributed by atoms with Gasteiger partial charge in [-0.2, -0.15) is 4.98 Å². The van der Waals surface area contributed by atoms with Crippen LogP contribution >= 0.6 is 0 Å². The molecule has 2 aromatic rings. The number of aromatic nitrogens is 2. The molecule has 1 aliphatic heterocycles. The lowest BCUT2D eigenvalue weighted by Gasteiger charge is -2.34. The van der Waals surface area contributed by atoms with Crippen molar-refractivity contribution in [3.8, 4) is 0 Å². The van der Waals surface area contributed by atoms with Gasteiger partial charge in [-0.15, -0.1) is 0 Å². The van der Waals surface area contributed by atoms with Crippen LogP contribution in [0.15, 0.2) is 38.7 Å². The molecule has 0 amide bonds. The Labute approximate surface area is 132 Å². The lowest BCUT2D eigenvalue weighted by atomic mass is 9.77. The third-order valence-corrected chi connectivity index (χ3v) is 5.59. The van der Waals surface area contributed by atoms with Crippen molar-refractivity contribution in [2.45, 2.75) is 36.2 Å². The van der Waals surface area contributed by atoms with E-state index in [1.165, 1.54) is 0 Å². The van der Waals surface area contributed by atoms with Crippen LogP contribution in [0.2, 0.25) is 0 Å². The molecular weight excluding hydrogens is 318 g/mol. The van der Waals surface area contributed by atoms with Crippen molar-refractivity contribution in [3.63, 3.8) is 0 Å². The minimum absolute atomic E-state index is 0.0925. The fourth-order valence-corrected chi connectivity index (χ4v) is 3.95. The zero-order valence-corrected chi connectivity index (χ0v) is 13.0. The molecule has 1 fully saturated rings. The Balaban J connectivity index is 1.58. The fraction of sp³-hybridized carbons (Fsp3) is 0.357. The monoisotopic (exact) mass is 333 g/mol. The smallest absolute Gasteiger partial charge is 0.263 e. The number of sulfonamides is 1. The molecule has 0 radical (unpaired) electrons. The maximum Gasteiger partial charge on any atom is 0.263 e. The summed E-state index contributed by atoms with van der Waals surface area (Å²) in [5.74, 6) is 1.09. The van der Waals surface area contributed by atoms with Gasteiger partial charge in [-0.3, -0.25) is 9.71 Å². The first-order valence-corrected chi connectivity index (χ1v) is 8.75. The van der Waals surface area contributed by atoms with Crippen LogP contribution in [0.4, 0.5) is 0 Å². The van der Waals surface area contributed by atoms with Crippen LogP contribution in [0.5, 0.6) is 0 Å². The average Bonchev–Trinajstić information content (AvgIpc) is 3.07. The second kappa shape index (κ2) is 4.87. The number of rotatable bonds is 3. The Morgan fingerprint density at radius 2 is 2.13 bits per heavy atom. The third kappa shape index (κ3) is 2.32. The number of benzene rings is 1. The fourth-order valence-electron chi connectivity index (χ4n) is 2.70. The normalized spacial score (nSPS) is 22.4. The van der Waals surface area contributed by atoms with Crippen LogP contribution in [-0.4, -0.2) is 24.4 Å². The summed E-state index contributed by atoms with van der Waals surface area (Å²) in [5, 5.41) is 3.91. The molecule has 1 saturated carbocycles. The summed E-state index contributed by atoms with van der Waals surface area (Å²) in [6, 6.07) is 6.68. The van der Waals surface area contributed by atoms with Crippen molar-refractivity contribution in [2.24, 2.45) is 10.7 Å². The quantitative estimate of drug-likeness (QED) is 0.850. The molecule has 0 atom stereocenters. The van der Waals surface area contributed by atoms with Gasteiger partial charge in [-0.1, -0.05) is 17.3 Å². The first-order chi connectivity index (χ1) is 11.0. The van der Waals surface area contributed by atoms with Gasteiger partial charge in [0.15, 0.2) is 5.82 Å². The van der Waals surface area contributed by atoms with Crippen molar-refractivity contribution in [2.75, 3.05) is 0 Å². The SMILES string of the molecule is NC1(c2noc(CN=C3NS(=O)(=O)c4ccccc43)n2)CCC1. The van der Waals surface area contributed by atoms with E-state index in [1.807, 2.05) is 0 Å². The van der Waals surface area contributed by atoms with Gasteiger partial charge in [0.1, 0.15) is 12.4 Å². The number of nitrogens with one attached hydrogen (secondary N) is 1. The van der Waals surface area contributed by atoms with Gasteiger partial charge in [0.2, 0.25) is 5.89 Å². The van der Waals surface area contributed by atoms with E-state index in [4.69, 9.17) is 10.3 Å². The van der Waals surface area contributed by atoms with Crippen LogP contribution in [0.1, 0.15) is 36.5 Å². The van der Waals surface area contributed by atoms with Crippen molar-refractivity contribution in [1.29, 1.82) is 0 Å². The van der Waals surface area contributed by atoms with Gasteiger partial charge in [0, 0.05) is 5.56 Å². The van der Waals surface area contributed by atoms with Gasteiger partial charge in [0.25, 0.3) is 10.0 Å². The average molecular weight is 333 g/mol. The summed E-state index contributed by atoms with van der Waals surface area (Å²) in [5.41, 5.74) is 6.20. The Morgan fingerprint density at radius 1 is 1.35 bits per heavy atom. The highest BCUT2D eigenvalue weighted by Gasteiger charge is 2.39. The number of aliphatic imine (C=N–C) groups is 1. The minimum Gasteiger partial charge on any atom is -0.337 e. The van der Waals surface area contributed by atoms with E-state index in [0.29, 0.717) is 17.3 Å². The molecule has 0 unspecified atom stereocenters. The highest BCUT2D eigenvalue weighted by atomic mass is 32.2. The van der Waals surface area contributed by atoms with Crippen LogP contribution < -0.4 is 10.5 Å². The van der Waals surface area contributed by atoms with Gasteiger partial charge in [-0.25, -0.2) is 8.42 Å². The molecule has 9 heteroatoms. The summed E-state index contributed by atoms with van der Waals surface area (Å²) < 4.78 is 31.6. The van der Waals surface area contributed by atoms with Crippen LogP contribution in [0.3, 0.4) is 0 Å². The number of hydrogen-bond acceptors (Lipinski definition) is 7. The predicted octanol–water partition coefficient (Wildman–Crippen LogP) is 0.646. The standard InChI is InChI=1S/C14H15N5O3S/c15-14(6-3-7-14)13-17-11(22-18-13)8-16-12-9-4-1-2-5-10(9)23(20,21)19-12/h1-2,4-5H,3,6-8,15H2,(H,16,19). The number of hydrogen-bond donors (Lipinski definition) is 2. The molecule has 0 spiro atoms. The molecule has 2 aliphatic rings. The number of fused-ring (bicyclic) bond motifs is 1. The summed E-state index contributed by atoms with van der Waals surface area (Å²) >= 11 is 0. The predicted molar refractivity (Wildman–Crippen MR) is 81.0 cm³/mol. The Kier molecular flexibility index (Phi) is 3.03. The highest BCUT2D eigenvalue weighted by molar-refractivity contribution is 7.90. The third-order valence-electron chi connectivity index (χ3n) is 4.19. The van der Waals surface area contributed by atoms with E-state index in [-0.39, 0.29) is 17.3 Å². The largest absolute Gasteiger partial charge is 0.337 e. The van der Waals surface area contributed by atoms with Gasteiger partial charge in [0.05, 0.1) is 10.4 Å². The molecule has 120 valence electrons. The first-order valence-electron chi connectivity index (χ1n) is 7.27. The summed E-state index contributed by atoms with van der Waals surface area (Å²) in [4.78, 5) is 8.75. The zero-order valence-electron chi connectivity index (χ0n) is 12.2. The highest BCUT2D eigenvalue weighted by Crippen LogP contribution is 2.36. The van der Waals surface area contributed by atoms with Crippen molar-refractivity contribution in [1.82, 2.24) is 14.9 Å². The van der Waals surface area contributed by atoms with Gasteiger partial charge >= 0.3 is 0 Å². The topological polar surface area (TPSA) is 123 Å². The molecule has 4 rings (SSSR count). The molecule has 0 saturated heterocycles. The second-order valence-corrected chi connectivity index (χ2v) is 7.44. The maximum absolute atomic E-state index is 12.0. The lowest BCUT2D eigenvalue weighted by molar-refractivity contribution is 0.229. The lowest BCUT2D eigenvalue weighted by Crippen LogP contribution is -2.44. The van der Waals surface area contributed by atoms with E-state index in [2.05, 4.69) is 19.9 Å². The molecule has 3 N–H and O–H groups in total. The molecule has 1 aromatic carbocycles. The van der Waals surface area contributed by atoms with Gasteiger partial charge in [-0.05, 0) is 31.4 Å². The molecule has 23 heavy (non-hydrogen) atoms. The Morgan fingerprint density at radius 3 is 2.87 bits per heavy atom. The molecule has 1 aromatic heterocycles. The number of nitrogens with zero attached hydrogens (tertiary/aromatic N) is 3. The van der Waals surface area contributed by atoms with Crippen LogP contribution in [0, 0.1) is 0 Å². The van der Waals surface area contributed by atoms with Crippen molar-refractivity contribution < 1.29 is 12.9 Å². The van der Waals surface area contributed by atoms with E-state index >= 15 is 0 Å². The van der Waals surface area contributed by atoms with Crippen LogP contribution in [0.25, 0.3) is 0 Å². The Bertz CT molecular complexity index is 899. The molecule has 8 nitrogen and oxygen atoms in total. The Hall–Kier alpha value is -2.26. The summed E-state index contributed by atoms with van der Waals surface area (Å²) in [6.45, 7) is 0.0925. The van der Waals surface area contributed by atoms with E-state index in [0.717, 1.165) is 19.3 Å². The maximum atomic E-state index is 12.0. The van der Waals surface area contributed by atoms with Crippen molar-refractivity contribution in [3.05, 3.63) is 41.5 Å². The number of amidine groups is 1. The molecule has 0 bridgehead atoms. The minimum atomic E-state index is -3.54. The number of nitrogens with two attached hydrogens (primary N) is 1. The van der Waals surface area contributed by atoms with Crippen LogP contribution in [-0.2, 0) is 22.1 Å². The summed E-state index contributed by atoms with van der Waals surface area (Å²) in [7, 11) is -3.54. The molecular formula is C14H15N5O3S.